The van der Waals surface area contributed by atoms with Crippen LogP contribution in [0.25, 0.3) is 0 Å². The molecule has 1 heterocycles. The van der Waals surface area contributed by atoms with Crippen LogP contribution in [0.2, 0.25) is 0 Å². The number of non-ortho nitro benzene ring substituents is 1. The summed E-state index contributed by atoms with van der Waals surface area (Å²) in [6.07, 6.45) is 1.64. The molecule has 1 aromatic heterocycles. The van der Waals surface area contributed by atoms with Crippen molar-refractivity contribution in [1.82, 2.24) is 4.98 Å². The number of aromatic nitrogens is 1. The van der Waals surface area contributed by atoms with Gasteiger partial charge in [-0.2, -0.15) is 0 Å². The predicted octanol–water partition coefficient (Wildman–Crippen LogP) is 3.37. The number of carbonyl (C=O) groups excluding carboxylic acids is 1. The van der Waals surface area contributed by atoms with Crippen molar-refractivity contribution in [3.05, 3.63) is 49.4 Å². The molecule has 0 aliphatic carbocycles. The molecule has 0 bridgehead atoms. The Hall–Kier alpha value is -1.80. The first-order valence-electron chi connectivity index (χ1n) is 5.15. The van der Waals surface area contributed by atoms with Gasteiger partial charge in [0.05, 0.1) is 10.5 Å². The number of nitrogens with one attached hydrogen (secondary N) is 1. The van der Waals surface area contributed by atoms with Crippen molar-refractivity contribution in [2.45, 2.75) is 6.92 Å². The summed E-state index contributed by atoms with van der Waals surface area (Å²) in [4.78, 5) is 27.1. The number of thiazole rings is 1. The number of amides is 1. The topological polar surface area (TPSA) is 85.1 Å². The molecule has 1 aromatic carbocycles. The van der Waals surface area contributed by atoms with Gasteiger partial charge in [0.2, 0.25) is 0 Å². The maximum atomic E-state index is 12.0. The van der Waals surface area contributed by atoms with Crippen LogP contribution >= 0.6 is 27.3 Å². The number of hydrogen-bond acceptors (Lipinski definition) is 5. The van der Waals surface area contributed by atoms with E-state index in [1.807, 2.05) is 6.92 Å². The van der Waals surface area contributed by atoms with Gasteiger partial charge in [-0.3, -0.25) is 20.2 Å². The third-order valence-electron chi connectivity index (χ3n) is 2.25. The van der Waals surface area contributed by atoms with E-state index in [1.54, 1.807) is 6.20 Å². The van der Waals surface area contributed by atoms with Crippen LogP contribution in [0.5, 0.6) is 0 Å². The summed E-state index contributed by atoms with van der Waals surface area (Å²) in [6, 6.07) is 4.02. The van der Waals surface area contributed by atoms with Crippen LogP contribution in [0, 0.1) is 17.0 Å². The van der Waals surface area contributed by atoms with Crippen molar-refractivity contribution in [1.29, 1.82) is 0 Å². The third-order valence-corrected chi connectivity index (χ3v) is 3.77. The number of nitro groups is 1. The van der Waals surface area contributed by atoms with Crippen LogP contribution < -0.4 is 5.32 Å². The number of hydrogen-bond donors (Lipinski definition) is 1. The Labute approximate surface area is 120 Å². The molecule has 0 radical (unpaired) electrons. The molecule has 2 rings (SSSR count). The summed E-state index contributed by atoms with van der Waals surface area (Å²) in [5, 5.41) is 13.8. The lowest BCUT2D eigenvalue weighted by Gasteiger charge is -2.04. The Morgan fingerprint density at radius 1 is 1.53 bits per heavy atom. The molecule has 0 aliphatic rings. The minimum atomic E-state index is -0.545. The number of anilines is 1. The molecule has 1 N–H and O–H groups in total. The highest BCUT2D eigenvalue weighted by Crippen LogP contribution is 2.24. The van der Waals surface area contributed by atoms with E-state index in [-0.39, 0.29) is 11.3 Å². The fraction of sp³-hybridized carbons (Fsp3) is 0.0909. The quantitative estimate of drug-likeness (QED) is 0.684. The van der Waals surface area contributed by atoms with Gasteiger partial charge in [0.1, 0.15) is 0 Å². The van der Waals surface area contributed by atoms with E-state index in [0.717, 1.165) is 4.88 Å². The summed E-state index contributed by atoms with van der Waals surface area (Å²) in [7, 11) is 0. The Bertz CT molecular complexity index is 656. The largest absolute Gasteiger partial charge is 0.298 e. The molecule has 19 heavy (non-hydrogen) atoms. The van der Waals surface area contributed by atoms with Gasteiger partial charge in [-0.1, -0.05) is 0 Å². The van der Waals surface area contributed by atoms with E-state index in [0.29, 0.717) is 9.60 Å². The van der Waals surface area contributed by atoms with Gasteiger partial charge in [-0.25, -0.2) is 4.98 Å². The van der Waals surface area contributed by atoms with Crippen LogP contribution in [0.15, 0.2) is 28.9 Å². The Morgan fingerprint density at radius 3 is 2.84 bits per heavy atom. The number of nitro benzene ring substituents is 1. The average Bonchev–Trinajstić information content (AvgIpc) is 2.74. The number of halogens is 1. The van der Waals surface area contributed by atoms with Gasteiger partial charge < -0.3 is 0 Å². The van der Waals surface area contributed by atoms with Gasteiger partial charge in [-0.15, -0.1) is 11.3 Å². The molecular weight excluding hydrogens is 334 g/mol. The van der Waals surface area contributed by atoms with E-state index < -0.39 is 10.8 Å². The smallest absolute Gasteiger partial charge is 0.270 e. The molecular formula is C11H8BrN3O3S. The SMILES string of the molecule is Cc1cnc(NC(=O)c2cc([N+](=O)[O-])ccc2Br)s1. The van der Waals surface area contributed by atoms with Crippen molar-refractivity contribution < 1.29 is 9.72 Å². The van der Waals surface area contributed by atoms with Gasteiger partial charge in [0.15, 0.2) is 5.13 Å². The Morgan fingerprint density at radius 2 is 2.26 bits per heavy atom. The first-order valence-corrected chi connectivity index (χ1v) is 6.76. The van der Waals surface area contributed by atoms with Gasteiger partial charge in [-0.05, 0) is 28.9 Å². The monoisotopic (exact) mass is 341 g/mol. The zero-order valence-electron chi connectivity index (χ0n) is 9.71. The molecule has 0 spiro atoms. The maximum absolute atomic E-state index is 12.0. The van der Waals surface area contributed by atoms with Crippen molar-refractivity contribution in [2.75, 3.05) is 5.32 Å². The minimum Gasteiger partial charge on any atom is -0.298 e. The maximum Gasteiger partial charge on any atom is 0.270 e. The molecule has 6 nitrogen and oxygen atoms in total. The summed E-state index contributed by atoms with van der Waals surface area (Å²) in [5.74, 6) is -0.440. The highest BCUT2D eigenvalue weighted by molar-refractivity contribution is 9.10. The average molecular weight is 342 g/mol. The van der Waals surface area contributed by atoms with Crippen molar-refractivity contribution >= 4 is 44.0 Å². The summed E-state index contributed by atoms with van der Waals surface area (Å²) >= 11 is 4.53. The second-order valence-electron chi connectivity index (χ2n) is 3.65. The minimum absolute atomic E-state index is 0.135. The molecule has 0 aliphatic heterocycles. The Balaban J connectivity index is 2.27. The molecule has 0 atom stereocenters. The van der Waals surface area contributed by atoms with E-state index in [2.05, 4.69) is 26.2 Å². The van der Waals surface area contributed by atoms with Gasteiger partial charge in [0.25, 0.3) is 11.6 Å². The van der Waals surface area contributed by atoms with Crippen LogP contribution in [0.4, 0.5) is 10.8 Å². The molecule has 0 saturated heterocycles. The Kier molecular flexibility index (Phi) is 3.91. The molecule has 0 fully saturated rings. The zero-order valence-corrected chi connectivity index (χ0v) is 12.1. The number of aryl methyl sites for hydroxylation is 1. The second kappa shape index (κ2) is 5.45. The van der Waals surface area contributed by atoms with E-state index in [4.69, 9.17) is 0 Å². The van der Waals surface area contributed by atoms with Gasteiger partial charge in [0, 0.05) is 27.7 Å². The molecule has 1 amide bonds. The first kappa shape index (κ1) is 13.6. The molecule has 98 valence electrons. The van der Waals surface area contributed by atoms with Crippen molar-refractivity contribution in [3.63, 3.8) is 0 Å². The van der Waals surface area contributed by atoms with Crippen molar-refractivity contribution in [3.8, 4) is 0 Å². The third kappa shape index (κ3) is 3.15. The van der Waals surface area contributed by atoms with Crippen LogP contribution in [0.1, 0.15) is 15.2 Å². The fourth-order valence-corrected chi connectivity index (χ4v) is 2.46. The van der Waals surface area contributed by atoms with Crippen molar-refractivity contribution in [2.24, 2.45) is 0 Å². The van der Waals surface area contributed by atoms with E-state index in [9.17, 15) is 14.9 Å². The lowest BCUT2D eigenvalue weighted by molar-refractivity contribution is -0.384. The molecule has 0 unspecified atom stereocenters. The lowest BCUT2D eigenvalue weighted by atomic mass is 10.2. The molecule has 0 saturated carbocycles. The fourth-order valence-electron chi connectivity index (χ4n) is 1.38. The summed E-state index contributed by atoms with van der Waals surface area (Å²) < 4.78 is 0.490. The number of nitrogens with zero attached hydrogens (tertiary/aromatic N) is 2. The van der Waals surface area contributed by atoms with E-state index >= 15 is 0 Å². The number of rotatable bonds is 3. The van der Waals surface area contributed by atoms with Crippen LogP contribution in [-0.2, 0) is 0 Å². The summed E-state index contributed by atoms with van der Waals surface area (Å²) in [5.41, 5.74) is 0.0609. The summed E-state index contributed by atoms with van der Waals surface area (Å²) in [6.45, 7) is 1.87. The zero-order chi connectivity index (χ0) is 14.0. The van der Waals surface area contributed by atoms with E-state index in [1.165, 1.54) is 29.5 Å². The normalized spacial score (nSPS) is 10.2. The second-order valence-corrected chi connectivity index (χ2v) is 5.74. The number of benzene rings is 1. The standard InChI is InChI=1S/C11H8BrN3O3S/c1-6-5-13-11(19-6)14-10(16)8-4-7(15(17)18)2-3-9(8)12/h2-5H,1H3,(H,13,14,16). The lowest BCUT2D eigenvalue weighted by Crippen LogP contribution is -2.12. The number of carbonyl (C=O) groups is 1. The highest BCUT2D eigenvalue weighted by Gasteiger charge is 2.16. The van der Waals surface area contributed by atoms with Crippen LogP contribution in [-0.4, -0.2) is 15.8 Å². The van der Waals surface area contributed by atoms with Gasteiger partial charge >= 0.3 is 0 Å². The molecule has 8 heteroatoms. The highest BCUT2D eigenvalue weighted by atomic mass is 79.9. The van der Waals surface area contributed by atoms with Crippen LogP contribution in [0.3, 0.4) is 0 Å². The molecule has 2 aromatic rings. The predicted molar refractivity (Wildman–Crippen MR) is 75.6 cm³/mol. The first-order chi connectivity index (χ1) is 8.97.